The van der Waals surface area contributed by atoms with Gasteiger partial charge in [-0.1, -0.05) is 30.3 Å². The molecule has 0 aliphatic heterocycles. The number of benzene rings is 3. The average Bonchev–Trinajstić information content (AvgIpc) is 2.80. The lowest BCUT2D eigenvalue weighted by molar-refractivity contribution is 0.102. The molecule has 0 bridgehead atoms. The Hall–Kier alpha value is -4.04. The van der Waals surface area contributed by atoms with Gasteiger partial charge in [0, 0.05) is 28.2 Å². The van der Waals surface area contributed by atoms with Gasteiger partial charge in [-0.3, -0.25) is 4.79 Å². The van der Waals surface area contributed by atoms with Gasteiger partial charge in [0.25, 0.3) is 5.91 Å². The minimum Gasteiger partial charge on any atom is -0.497 e. The fraction of sp³-hybridized carbons (Fsp3) is 0.0417. The van der Waals surface area contributed by atoms with Crippen molar-refractivity contribution in [2.75, 3.05) is 23.5 Å². The van der Waals surface area contributed by atoms with E-state index in [9.17, 15) is 4.79 Å². The monoisotopic (exact) mass is 443 g/mol. The fourth-order valence-electron chi connectivity index (χ4n) is 2.92. The zero-order valence-corrected chi connectivity index (χ0v) is 18.1. The van der Waals surface area contributed by atoms with Crippen LogP contribution in [0.5, 0.6) is 5.75 Å². The summed E-state index contributed by atoms with van der Waals surface area (Å²) in [5.41, 5.74) is 8.22. The number of hydrogen-bond donors (Lipinski definition) is 3. The number of nitrogens with one attached hydrogen (secondary N) is 2. The molecule has 4 aromatic rings. The summed E-state index contributed by atoms with van der Waals surface area (Å²) in [6.07, 6.45) is 1.52. The highest BCUT2D eigenvalue weighted by Gasteiger charge is 2.16. The van der Waals surface area contributed by atoms with Crippen molar-refractivity contribution in [2.24, 2.45) is 0 Å². The van der Waals surface area contributed by atoms with Crippen LogP contribution in [0.4, 0.5) is 22.9 Å². The van der Waals surface area contributed by atoms with Crippen LogP contribution in [0.1, 0.15) is 10.4 Å². The van der Waals surface area contributed by atoms with Crippen LogP contribution in [0.3, 0.4) is 0 Å². The molecule has 7 nitrogen and oxygen atoms in total. The predicted molar refractivity (Wildman–Crippen MR) is 128 cm³/mol. The Labute approximate surface area is 190 Å². The van der Waals surface area contributed by atoms with E-state index < -0.39 is 0 Å². The number of nitrogens with zero attached hydrogens (tertiary/aromatic N) is 2. The van der Waals surface area contributed by atoms with Gasteiger partial charge in [0.2, 0.25) is 0 Å². The van der Waals surface area contributed by atoms with E-state index in [1.807, 2.05) is 66.7 Å². The minimum absolute atomic E-state index is 0.311. The van der Waals surface area contributed by atoms with Crippen molar-refractivity contribution in [3.8, 4) is 5.75 Å². The average molecular weight is 444 g/mol. The molecule has 0 spiro atoms. The Bertz CT molecular complexity index is 1230. The van der Waals surface area contributed by atoms with Crippen molar-refractivity contribution in [2.45, 2.75) is 10.1 Å². The number of hydrogen-bond acceptors (Lipinski definition) is 7. The van der Waals surface area contributed by atoms with Crippen LogP contribution < -0.4 is 21.1 Å². The molecule has 0 radical (unpaired) electrons. The van der Waals surface area contributed by atoms with E-state index in [1.165, 1.54) is 18.0 Å². The molecule has 32 heavy (non-hydrogen) atoms. The van der Waals surface area contributed by atoms with Crippen LogP contribution in [0.15, 0.2) is 95.1 Å². The van der Waals surface area contributed by atoms with Crippen molar-refractivity contribution in [3.63, 3.8) is 0 Å². The topological polar surface area (TPSA) is 102 Å². The third-order valence-electron chi connectivity index (χ3n) is 4.44. The number of nitrogen functional groups attached to an aromatic ring is 1. The van der Waals surface area contributed by atoms with E-state index in [0.717, 1.165) is 16.3 Å². The standard InChI is InChI=1S/C24H21N5O2S/c1-31-19-11-6-12-20(14-19)32-24-26-15-21(23(30)28-17-8-3-2-4-9-17)22(29-24)27-18-10-5-7-16(25)13-18/h2-15H,25H2,1H3,(H,28,30)(H,26,27,29). The Morgan fingerprint density at radius 1 is 0.969 bits per heavy atom. The van der Waals surface area contributed by atoms with E-state index >= 15 is 0 Å². The van der Waals surface area contributed by atoms with E-state index in [1.54, 1.807) is 19.2 Å². The first kappa shape index (κ1) is 21.2. The van der Waals surface area contributed by atoms with Crippen LogP contribution in [0.25, 0.3) is 0 Å². The highest BCUT2D eigenvalue weighted by molar-refractivity contribution is 7.99. The molecule has 8 heteroatoms. The first-order valence-electron chi connectivity index (χ1n) is 9.78. The molecule has 0 aliphatic carbocycles. The summed E-state index contributed by atoms with van der Waals surface area (Å²) in [6.45, 7) is 0. The second-order valence-corrected chi connectivity index (χ2v) is 7.81. The molecule has 0 saturated carbocycles. The number of amides is 1. The second kappa shape index (κ2) is 9.84. The third kappa shape index (κ3) is 5.35. The maximum absolute atomic E-state index is 13.0. The quantitative estimate of drug-likeness (QED) is 0.266. The van der Waals surface area contributed by atoms with Crippen LogP contribution >= 0.6 is 11.8 Å². The van der Waals surface area contributed by atoms with E-state index in [0.29, 0.717) is 27.9 Å². The summed E-state index contributed by atoms with van der Waals surface area (Å²) >= 11 is 1.37. The Kier molecular flexibility index (Phi) is 6.52. The number of carbonyl (C=O) groups is 1. The normalized spacial score (nSPS) is 10.4. The SMILES string of the molecule is COc1cccc(Sc2ncc(C(=O)Nc3ccccc3)c(Nc3cccc(N)c3)n2)c1. The van der Waals surface area contributed by atoms with Gasteiger partial charge in [-0.25, -0.2) is 9.97 Å². The van der Waals surface area contributed by atoms with Gasteiger partial charge in [0.1, 0.15) is 17.1 Å². The highest BCUT2D eigenvalue weighted by atomic mass is 32.2. The fourth-order valence-corrected chi connectivity index (χ4v) is 3.69. The van der Waals surface area contributed by atoms with Crippen molar-refractivity contribution in [3.05, 3.63) is 90.6 Å². The smallest absolute Gasteiger partial charge is 0.261 e. The summed E-state index contributed by atoms with van der Waals surface area (Å²) < 4.78 is 5.28. The van der Waals surface area contributed by atoms with Gasteiger partial charge < -0.3 is 21.1 Å². The maximum Gasteiger partial charge on any atom is 0.261 e. The van der Waals surface area contributed by atoms with Crippen molar-refractivity contribution in [1.29, 1.82) is 0 Å². The number of aromatic nitrogens is 2. The molecule has 3 aromatic carbocycles. The minimum atomic E-state index is -0.319. The zero-order chi connectivity index (χ0) is 22.3. The van der Waals surface area contributed by atoms with Gasteiger partial charge in [0.15, 0.2) is 5.16 Å². The van der Waals surface area contributed by atoms with Gasteiger partial charge in [0.05, 0.1) is 7.11 Å². The van der Waals surface area contributed by atoms with Crippen molar-refractivity contribution < 1.29 is 9.53 Å². The summed E-state index contributed by atoms with van der Waals surface area (Å²) in [4.78, 5) is 22.9. The van der Waals surface area contributed by atoms with Crippen LogP contribution in [0, 0.1) is 0 Å². The number of ether oxygens (including phenoxy) is 1. The molecule has 0 atom stereocenters. The summed E-state index contributed by atoms with van der Waals surface area (Å²) in [7, 11) is 1.62. The maximum atomic E-state index is 13.0. The molecule has 4 rings (SSSR count). The number of methoxy groups -OCH3 is 1. The van der Waals surface area contributed by atoms with Crippen LogP contribution in [0.2, 0.25) is 0 Å². The molecule has 0 saturated heterocycles. The van der Waals surface area contributed by atoms with Gasteiger partial charge >= 0.3 is 0 Å². The first-order valence-corrected chi connectivity index (χ1v) is 10.6. The molecule has 0 aliphatic rings. The lowest BCUT2D eigenvalue weighted by atomic mass is 10.2. The number of nitrogens with two attached hydrogens (primary N) is 1. The highest BCUT2D eigenvalue weighted by Crippen LogP contribution is 2.30. The summed E-state index contributed by atoms with van der Waals surface area (Å²) in [5.74, 6) is 0.803. The molecule has 160 valence electrons. The van der Waals surface area contributed by atoms with E-state index in [4.69, 9.17) is 10.5 Å². The molecule has 1 heterocycles. The molecule has 1 amide bonds. The molecule has 0 fully saturated rings. The Balaban J connectivity index is 1.65. The van der Waals surface area contributed by atoms with E-state index in [2.05, 4.69) is 20.6 Å². The number of carbonyl (C=O) groups excluding carboxylic acids is 1. The molecule has 1 aromatic heterocycles. The third-order valence-corrected chi connectivity index (χ3v) is 5.31. The van der Waals surface area contributed by atoms with Gasteiger partial charge in [-0.2, -0.15) is 0 Å². The first-order chi connectivity index (χ1) is 15.6. The summed E-state index contributed by atoms with van der Waals surface area (Å²) in [5, 5.41) is 6.56. The zero-order valence-electron chi connectivity index (χ0n) is 17.3. The van der Waals surface area contributed by atoms with Gasteiger partial charge in [-0.05, 0) is 60.3 Å². The molecule has 4 N–H and O–H groups in total. The summed E-state index contributed by atoms with van der Waals surface area (Å²) in [6, 6.07) is 24.1. The van der Waals surface area contributed by atoms with Crippen molar-refractivity contribution in [1.82, 2.24) is 9.97 Å². The van der Waals surface area contributed by atoms with Crippen LogP contribution in [-0.2, 0) is 0 Å². The predicted octanol–water partition coefficient (Wildman–Crippen LogP) is 5.21. The Morgan fingerprint density at radius 3 is 2.53 bits per heavy atom. The van der Waals surface area contributed by atoms with Crippen molar-refractivity contribution >= 4 is 40.5 Å². The molecule has 0 unspecified atom stereocenters. The van der Waals surface area contributed by atoms with Crippen LogP contribution in [-0.4, -0.2) is 23.0 Å². The molecular formula is C24H21N5O2S. The second-order valence-electron chi connectivity index (χ2n) is 6.77. The van der Waals surface area contributed by atoms with E-state index in [-0.39, 0.29) is 5.91 Å². The molecular weight excluding hydrogens is 422 g/mol. The Morgan fingerprint density at radius 2 is 1.75 bits per heavy atom. The number of rotatable bonds is 7. The van der Waals surface area contributed by atoms with Gasteiger partial charge in [-0.15, -0.1) is 0 Å². The number of para-hydroxylation sites is 1. The lowest BCUT2D eigenvalue weighted by Gasteiger charge is -2.13. The lowest BCUT2D eigenvalue weighted by Crippen LogP contribution is -2.15. The largest absolute Gasteiger partial charge is 0.497 e. The number of anilines is 4.